The fourth-order valence-corrected chi connectivity index (χ4v) is 0.247. The van der Waals surface area contributed by atoms with E-state index in [9.17, 15) is 30.0 Å². The van der Waals surface area contributed by atoms with Gasteiger partial charge in [-0.2, -0.15) is 0 Å². The molecule has 0 N–H and O–H groups in total. The molecule has 12 heavy (non-hydrogen) atoms. The number of carbonyl (C=O) groups is 2. The Kier molecular flexibility index (Phi) is 11.4. The van der Waals surface area contributed by atoms with Crippen LogP contribution in [0, 0.1) is 0 Å². The fraction of sp³-hybridized carbons (Fsp3) is 0.500. The van der Waals surface area contributed by atoms with Gasteiger partial charge in [-0.25, -0.2) is 0 Å². The average Bonchev–Trinajstić information content (AvgIpc) is 1.84. The van der Waals surface area contributed by atoms with Crippen LogP contribution in [0.1, 0.15) is 0 Å². The second kappa shape index (κ2) is 7.64. The van der Waals surface area contributed by atoms with E-state index < -0.39 is 24.1 Å². The van der Waals surface area contributed by atoms with Gasteiger partial charge in [-0.1, -0.05) is 12.2 Å². The van der Waals surface area contributed by atoms with Crippen LogP contribution in [0.25, 0.3) is 0 Å². The molecular formula is C4H2CuO6Zn. The summed E-state index contributed by atoms with van der Waals surface area (Å²) in [7, 11) is 0. The van der Waals surface area contributed by atoms with Crippen LogP contribution in [0.5, 0.6) is 0 Å². The number of carboxylic acids is 2. The smallest absolute Gasteiger partial charge is 0.848 e. The van der Waals surface area contributed by atoms with Gasteiger partial charge >= 0.3 is 36.5 Å². The molecule has 67 valence electrons. The summed E-state index contributed by atoms with van der Waals surface area (Å²) in [5, 5.41) is 39.0. The van der Waals surface area contributed by atoms with Crippen molar-refractivity contribution < 1.29 is 66.6 Å². The summed E-state index contributed by atoms with van der Waals surface area (Å²) in [5.74, 6) is -4.46. The molecule has 2 unspecified atom stereocenters. The maximum Gasteiger partial charge on any atom is 2.00 e. The minimum atomic E-state index is -2.80. The van der Waals surface area contributed by atoms with Gasteiger partial charge in [0, 0.05) is 11.9 Å². The van der Waals surface area contributed by atoms with Crippen molar-refractivity contribution in [3.05, 3.63) is 0 Å². The number of hydrogen-bond acceptors (Lipinski definition) is 6. The van der Waals surface area contributed by atoms with Crippen LogP contribution in [0.3, 0.4) is 0 Å². The van der Waals surface area contributed by atoms with E-state index in [1.54, 1.807) is 0 Å². The van der Waals surface area contributed by atoms with Gasteiger partial charge in [0.15, 0.2) is 0 Å². The summed E-state index contributed by atoms with van der Waals surface area (Å²) >= 11 is 0. The van der Waals surface area contributed by atoms with Gasteiger partial charge < -0.3 is 30.0 Å². The second-order valence-corrected chi connectivity index (χ2v) is 1.48. The van der Waals surface area contributed by atoms with E-state index >= 15 is 0 Å². The number of aliphatic carboxylic acids is 2. The first kappa shape index (κ1) is 17.9. The molecule has 0 aliphatic rings. The maximum absolute atomic E-state index is 9.97. The first-order chi connectivity index (χ1) is 4.46. The molecule has 2 atom stereocenters. The van der Waals surface area contributed by atoms with E-state index in [-0.39, 0.29) is 36.5 Å². The number of carbonyl (C=O) groups excluding carboxylic acids is 2. The quantitative estimate of drug-likeness (QED) is 0.472. The molecule has 0 spiro atoms. The Morgan fingerprint density at radius 3 is 1.17 bits per heavy atom. The number of rotatable bonds is 3. The van der Waals surface area contributed by atoms with Gasteiger partial charge in [0.25, 0.3) is 0 Å². The van der Waals surface area contributed by atoms with E-state index in [0.717, 1.165) is 0 Å². The predicted octanol–water partition coefficient (Wildman–Crippen LogP) is -6.06. The normalized spacial score (nSPS) is 13.2. The van der Waals surface area contributed by atoms with Crippen molar-refractivity contribution in [3.63, 3.8) is 0 Å². The molecule has 0 aliphatic carbocycles. The Labute approximate surface area is 90.8 Å². The van der Waals surface area contributed by atoms with E-state index in [1.165, 1.54) is 0 Å². The van der Waals surface area contributed by atoms with Crippen LogP contribution < -0.4 is 20.4 Å². The van der Waals surface area contributed by atoms with Crippen molar-refractivity contribution in [2.75, 3.05) is 0 Å². The van der Waals surface area contributed by atoms with Gasteiger partial charge in [0.05, 0.1) is 0 Å². The SMILES string of the molecule is O=C([O-])C([O-])C([O-])C(=O)[O-].[Cu+2].[Zn+2]. The molecule has 0 saturated heterocycles. The third-order valence-corrected chi connectivity index (χ3v) is 0.740. The molecular weight excluding hydrogens is 273 g/mol. The van der Waals surface area contributed by atoms with Crippen molar-refractivity contribution in [3.8, 4) is 0 Å². The second-order valence-electron chi connectivity index (χ2n) is 1.48. The Bertz CT molecular complexity index is 144. The van der Waals surface area contributed by atoms with Crippen LogP contribution in [0.4, 0.5) is 0 Å². The Hall–Kier alpha value is 0.00286. The third kappa shape index (κ3) is 5.63. The number of carboxylic acid groups (broad SMARTS) is 2. The Balaban J connectivity index is -0.000000405. The van der Waals surface area contributed by atoms with Crippen LogP contribution in [0.2, 0.25) is 0 Å². The molecule has 8 heteroatoms. The summed E-state index contributed by atoms with van der Waals surface area (Å²) < 4.78 is 0. The van der Waals surface area contributed by atoms with Gasteiger partial charge in [-0.3, -0.25) is 0 Å². The molecule has 0 heterocycles. The molecule has 0 fully saturated rings. The summed E-state index contributed by atoms with van der Waals surface area (Å²) in [5.41, 5.74) is 0. The maximum atomic E-state index is 9.97. The van der Waals surface area contributed by atoms with Crippen LogP contribution in [-0.2, 0) is 46.1 Å². The number of hydrogen-bond donors (Lipinski definition) is 0. The molecule has 0 saturated carbocycles. The van der Waals surface area contributed by atoms with E-state index in [0.29, 0.717) is 0 Å². The fourth-order valence-electron chi connectivity index (χ4n) is 0.247. The molecule has 0 rings (SSSR count). The molecule has 6 nitrogen and oxygen atoms in total. The van der Waals surface area contributed by atoms with Crippen LogP contribution in [0.15, 0.2) is 0 Å². The van der Waals surface area contributed by atoms with Crippen molar-refractivity contribution in [1.29, 1.82) is 0 Å². The Morgan fingerprint density at radius 2 is 1.08 bits per heavy atom. The van der Waals surface area contributed by atoms with Crippen molar-refractivity contribution in [2.45, 2.75) is 12.2 Å². The van der Waals surface area contributed by atoms with Gasteiger partial charge in [-0.05, 0) is 0 Å². The zero-order valence-corrected chi connectivity index (χ0v) is 9.52. The first-order valence-electron chi connectivity index (χ1n) is 2.20. The predicted molar refractivity (Wildman–Crippen MR) is 17.6 cm³/mol. The van der Waals surface area contributed by atoms with Crippen LogP contribution in [-0.4, -0.2) is 24.1 Å². The van der Waals surface area contributed by atoms with E-state index in [4.69, 9.17) is 0 Å². The van der Waals surface area contributed by atoms with Crippen molar-refractivity contribution in [1.82, 2.24) is 0 Å². The first-order valence-corrected chi connectivity index (χ1v) is 2.20. The largest absolute Gasteiger partial charge is 2.00 e. The summed E-state index contributed by atoms with van der Waals surface area (Å²) in [6.07, 6.45) is -5.60. The molecule has 0 aromatic carbocycles. The summed E-state index contributed by atoms with van der Waals surface area (Å²) in [4.78, 5) is 19.1. The molecule has 0 bridgehead atoms. The molecule has 0 aliphatic heterocycles. The molecule has 0 amide bonds. The van der Waals surface area contributed by atoms with Gasteiger partial charge in [0.1, 0.15) is 0 Å². The standard InChI is InChI=1S/C4H4O6.Cu.Zn/c5-1(3(7)8)2(6)4(9)10;;/h1-2H,(H,7,8)(H,9,10);;/q-2;2*+2/p-2. The third-order valence-electron chi connectivity index (χ3n) is 0.740. The monoisotopic (exact) mass is 273 g/mol. The minimum Gasteiger partial charge on any atom is -0.848 e. The van der Waals surface area contributed by atoms with E-state index in [1.807, 2.05) is 0 Å². The zero-order chi connectivity index (χ0) is 8.31. The van der Waals surface area contributed by atoms with Gasteiger partial charge in [0.2, 0.25) is 0 Å². The van der Waals surface area contributed by atoms with Crippen LogP contribution >= 0.6 is 0 Å². The van der Waals surface area contributed by atoms with Gasteiger partial charge in [-0.15, -0.1) is 0 Å². The topological polar surface area (TPSA) is 126 Å². The van der Waals surface area contributed by atoms with Crippen molar-refractivity contribution in [2.24, 2.45) is 0 Å². The summed E-state index contributed by atoms with van der Waals surface area (Å²) in [6.45, 7) is 0. The molecule has 1 radical (unpaired) electrons. The van der Waals surface area contributed by atoms with E-state index in [2.05, 4.69) is 0 Å². The molecule has 0 aromatic heterocycles. The Morgan fingerprint density at radius 1 is 0.917 bits per heavy atom. The zero-order valence-electron chi connectivity index (χ0n) is 5.61. The summed E-state index contributed by atoms with van der Waals surface area (Å²) in [6, 6.07) is 0. The average molecular weight is 275 g/mol. The molecule has 0 aromatic rings. The minimum absolute atomic E-state index is 0. The van der Waals surface area contributed by atoms with Crippen molar-refractivity contribution >= 4 is 11.9 Å².